The maximum absolute atomic E-state index is 14.0. The van der Waals surface area contributed by atoms with Crippen LogP contribution in [0.4, 0.5) is 5.69 Å². The van der Waals surface area contributed by atoms with Gasteiger partial charge in [0.25, 0.3) is 5.91 Å². The molecule has 1 amide bonds. The van der Waals surface area contributed by atoms with Crippen LogP contribution < -0.4 is 5.01 Å². The molecule has 0 N–H and O–H groups in total. The summed E-state index contributed by atoms with van der Waals surface area (Å²) < 4.78 is 6.54. The summed E-state index contributed by atoms with van der Waals surface area (Å²) >= 11 is 0. The molecule has 0 saturated carbocycles. The average molecular weight is 415 g/mol. The van der Waals surface area contributed by atoms with Crippen LogP contribution in [-0.2, 0) is 14.3 Å². The second kappa shape index (κ2) is 6.64. The third kappa shape index (κ3) is 2.87. The first-order valence-electron chi connectivity index (χ1n) is 10.7. The molecule has 2 aliphatic heterocycles. The van der Waals surface area contributed by atoms with Crippen LogP contribution >= 0.6 is 0 Å². The molecular weight excluding hydrogens is 388 g/mol. The molecule has 2 aromatic carbocycles. The summed E-state index contributed by atoms with van der Waals surface area (Å²) in [4.78, 5) is 27.3. The van der Waals surface area contributed by atoms with Crippen LogP contribution in [0.3, 0.4) is 0 Å². The molecule has 0 aromatic heterocycles. The van der Waals surface area contributed by atoms with E-state index in [0.29, 0.717) is 35.6 Å². The fourth-order valence-electron chi connectivity index (χ4n) is 5.17. The molecule has 2 heterocycles. The number of amides is 1. The molecule has 2 atom stereocenters. The van der Waals surface area contributed by atoms with Gasteiger partial charge in [-0.05, 0) is 37.0 Å². The number of nitrogens with zero attached hydrogens (tertiary/aromatic N) is 2. The number of hydrogen-bond acceptors (Lipinski definition) is 4. The van der Waals surface area contributed by atoms with Crippen LogP contribution in [0.15, 0.2) is 71.0 Å². The van der Waals surface area contributed by atoms with Gasteiger partial charge in [0, 0.05) is 18.4 Å². The van der Waals surface area contributed by atoms with E-state index in [0.717, 1.165) is 11.1 Å². The molecule has 0 saturated heterocycles. The normalized spacial score (nSPS) is 26.9. The predicted octanol–water partition coefficient (Wildman–Crippen LogP) is 4.91. The number of allylic oxidation sites excluding steroid dienone is 1. The number of hydrazone groups is 1. The first-order chi connectivity index (χ1) is 14.7. The monoisotopic (exact) mass is 414 g/mol. The van der Waals surface area contributed by atoms with E-state index >= 15 is 0 Å². The Kier molecular flexibility index (Phi) is 4.23. The molecule has 2 aromatic rings. The second-order valence-electron chi connectivity index (χ2n) is 9.60. The zero-order valence-corrected chi connectivity index (χ0v) is 18.3. The minimum atomic E-state index is -1.33. The van der Waals surface area contributed by atoms with Gasteiger partial charge in [0.15, 0.2) is 5.78 Å². The van der Waals surface area contributed by atoms with Gasteiger partial charge in [0.1, 0.15) is 5.76 Å². The maximum Gasteiger partial charge on any atom is 0.298 e. The lowest BCUT2D eigenvalue weighted by Crippen LogP contribution is -2.50. The Morgan fingerprint density at radius 1 is 1.00 bits per heavy atom. The summed E-state index contributed by atoms with van der Waals surface area (Å²) in [6.45, 7) is 7.98. The number of anilines is 1. The molecule has 0 unspecified atom stereocenters. The highest BCUT2D eigenvalue weighted by Crippen LogP contribution is 2.55. The van der Waals surface area contributed by atoms with Crippen LogP contribution in [0.1, 0.15) is 50.7 Å². The van der Waals surface area contributed by atoms with Gasteiger partial charge in [-0.3, -0.25) is 9.59 Å². The SMILES string of the molecule is CC1=NN(c2ccccc2)C(=O)[C@]12OC1=C(C(=O)CC(C)(C)C1)[C@@H]2c1cccc(C)c1. The standard InChI is InChI=1S/C26H26N2O3/c1-16-9-8-10-18(13-16)23-22-20(29)14-25(3,4)15-21(22)31-26(23)17(2)27-28(24(26)30)19-11-6-5-7-12-19/h5-13,23H,14-15H2,1-4H3/t23-,26-/m0/s1. The first-order valence-corrected chi connectivity index (χ1v) is 10.7. The van der Waals surface area contributed by atoms with Gasteiger partial charge in [0.05, 0.1) is 17.3 Å². The van der Waals surface area contributed by atoms with Crippen molar-refractivity contribution in [3.63, 3.8) is 0 Å². The number of para-hydroxylation sites is 1. The van der Waals surface area contributed by atoms with Crippen LogP contribution in [0.5, 0.6) is 0 Å². The highest BCUT2D eigenvalue weighted by atomic mass is 16.5. The maximum atomic E-state index is 14.0. The molecule has 31 heavy (non-hydrogen) atoms. The molecular formula is C26H26N2O3. The van der Waals surface area contributed by atoms with Gasteiger partial charge < -0.3 is 4.74 Å². The Hall–Kier alpha value is -3.21. The summed E-state index contributed by atoms with van der Waals surface area (Å²) in [5.74, 6) is -0.0439. The number of carbonyl (C=O) groups is 2. The van der Waals surface area contributed by atoms with Crippen molar-refractivity contribution in [2.24, 2.45) is 10.5 Å². The minimum absolute atomic E-state index is 0.0633. The van der Waals surface area contributed by atoms with Crippen molar-refractivity contribution in [1.82, 2.24) is 0 Å². The van der Waals surface area contributed by atoms with Crippen LogP contribution in [0.2, 0.25) is 0 Å². The summed E-state index contributed by atoms with van der Waals surface area (Å²) in [5.41, 5.74) is 2.36. The van der Waals surface area contributed by atoms with Crippen molar-refractivity contribution >= 4 is 23.1 Å². The minimum Gasteiger partial charge on any atom is -0.474 e. The van der Waals surface area contributed by atoms with Gasteiger partial charge >= 0.3 is 0 Å². The molecule has 0 fully saturated rings. The van der Waals surface area contributed by atoms with Crippen molar-refractivity contribution in [2.45, 2.75) is 52.1 Å². The highest BCUT2D eigenvalue weighted by Gasteiger charge is 2.65. The number of hydrogen-bond donors (Lipinski definition) is 0. The molecule has 1 aliphatic carbocycles. The molecule has 0 radical (unpaired) electrons. The van der Waals surface area contributed by atoms with Gasteiger partial charge in [-0.15, -0.1) is 0 Å². The number of Topliss-reactive ketones (excluding diaryl/α,β-unsaturated/α-hetero) is 1. The molecule has 5 rings (SSSR count). The Morgan fingerprint density at radius 2 is 1.74 bits per heavy atom. The van der Waals surface area contributed by atoms with Crippen molar-refractivity contribution in [3.8, 4) is 0 Å². The van der Waals surface area contributed by atoms with E-state index in [1.807, 2.05) is 68.4 Å². The van der Waals surface area contributed by atoms with E-state index in [1.165, 1.54) is 5.01 Å². The van der Waals surface area contributed by atoms with E-state index in [2.05, 4.69) is 18.9 Å². The highest BCUT2D eigenvalue weighted by molar-refractivity contribution is 6.24. The number of aryl methyl sites for hydroxylation is 1. The van der Waals surface area contributed by atoms with Gasteiger partial charge in [-0.1, -0.05) is 61.9 Å². The number of benzene rings is 2. The average Bonchev–Trinajstić information content (AvgIpc) is 3.18. The van der Waals surface area contributed by atoms with Crippen LogP contribution in [0.25, 0.3) is 0 Å². The number of rotatable bonds is 2. The van der Waals surface area contributed by atoms with E-state index in [9.17, 15) is 9.59 Å². The summed E-state index contributed by atoms with van der Waals surface area (Å²) in [7, 11) is 0. The summed E-state index contributed by atoms with van der Waals surface area (Å²) in [6, 6.07) is 17.4. The van der Waals surface area contributed by atoms with E-state index in [4.69, 9.17) is 4.74 Å². The van der Waals surface area contributed by atoms with E-state index < -0.39 is 11.5 Å². The third-order valence-corrected chi connectivity index (χ3v) is 6.53. The molecule has 158 valence electrons. The molecule has 1 spiro atoms. The lowest BCUT2D eigenvalue weighted by molar-refractivity contribution is -0.130. The Labute approximate surface area is 182 Å². The summed E-state index contributed by atoms with van der Waals surface area (Å²) in [6.07, 6.45) is 1.07. The summed E-state index contributed by atoms with van der Waals surface area (Å²) in [5, 5.41) is 6.05. The van der Waals surface area contributed by atoms with Crippen molar-refractivity contribution < 1.29 is 14.3 Å². The number of ether oxygens (including phenoxy) is 1. The predicted molar refractivity (Wildman–Crippen MR) is 120 cm³/mol. The van der Waals surface area contributed by atoms with E-state index in [1.54, 1.807) is 0 Å². The van der Waals surface area contributed by atoms with Crippen LogP contribution in [-0.4, -0.2) is 23.0 Å². The first kappa shape index (κ1) is 19.7. The van der Waals surface area contributed by atoms with Gasteiger partial charge in [-0.25, -0.2) is 0 Å². The van der Waals surface area contributed by atoms with Crippen molar-refractivity contribution in [3.05, 3.63) is 77.1 Å². The number of carbonyl (C=O) groups excluding carboxylic acids is 2. The van der Waals surface area contributed by atoms with Crippen LogP contribution in [0, 0.1) is 12.3 Å². The fourth-order valence-corrected chi connectivity index (χ4v) is 5.17. The second-order valence-corrected chi connectivity index (χ2v) is 9.60. The lowest BCUT2D eigenvalue weighted by Gasteiger charge is -2.31. The third-order valence-electron chi connectivity index (χ3n) is 6.53. The number of ketones is 1. The zero-order valence-electron chi connectivity index (χ0n) is 18.3. The van der Waals surface area contributed by atoms with Gasteiger partial charge in [0.2, 0.25) is 5.60 Å². The smallest absolute Gasteiger partial charge is 0.298 e. The zero-order chi connectivity index (χ0) is 22.0. The largest absolute Gasteiger partial charge is 0.474 e. The molecule has 3 aliphatic rings. The van der Waals surface area contributed by atoms with Crippen molar-refractivity contribution in [2.75, 3.05) is 5.01 Å². The molecule has 5 heteroatoms. The topological polar surface area (TPSA) is 59.0 Å². The quantitative estimate of drug-likeness (QED) is 0.701. The Morgan fingerprint density at radius 3 is 2.45 bits per heavy atom. The van der Waals surface area contributed by atoms with E-state index in [-0.39, 0.29) is 17.1 Å². The Balaban J connectivity index is 1.69. The molecule has 5 nitrogen and oxygen atoms in total. The Bertz CT molecular complexity index is 1160. The van der Waals surface area contributed by atoms with Gasteiger partial charge in [-0.2, -0.15) is 10.1 Å². The molecule has 0 bridgehead atoms. The van der Waals surface area contributed by atoms with Crippen molar-refractivity contribution in [1.29, 1.82) is 0 Å². The lowest BCUT2D eigenvalue weighted by atomic mass is 9.69. The fraction of sp³-hybridized carbons (Fsp3) is 0.346.